The molecule has 0 bridgehead atoms. The van der Waals surface area contributed by atoms with E-state index in [0.29, 0.717) is 5.92 Å². The van der Waals surface area contributed by atoms with Crippen LogP contribution in [-0.4, -0.2) is 23.3 Å². The molecule has 1 aromatic rings. The molecule has 0 spiro atoms. The molecule has 1 aliphatic rings. The normalized spacial score (nSPS) is 17.9. The number of aryl methyl sites for hydroxylation is 1. The summed E-state index contributed by atoms with van der Waals surface area (Å²) in [5, 5.41) is 14.9. The van der Waals surface area contributed by atoms with Crippen molar-refractivity contribution in [3.63, 3.8) is 0 Å². The van der Waals surface area contributed by atoms with Gasteiger partial charge in [-0.1, -0.05) is 46.0 Å². The molecular formula is C17H31N3S. The minimum Gasteiger partial charge on any atom is -0.316 e. The molecule has 3 nitrogen and oxygen atoms in total. The molecule has 0 amide bonds. The maximum atomic E-state index is 4.49. The van der Waals surface area contributed by atoms with E-state index in [-0.39, 0.29) is 0 Å². The van der Waals surface area contributed by atoms with Gasteiger partial charge >= 0.3 is 0 Å². The first-order valence-electron chi connectivity index (χ1n) is 8.78. The van der Waals surface area contributed by atoms with Gasteiger partial charge < -0.3 is 5.32 Å². The molecule has 1 aliphatic carbocycles. The van der Waals surface area contributed by atoms with E-state index in [9.17, 15) is 0 Å². The van der Waals surface area contributed by atoms with Crippen molar-refractivity contribution in [3.8, 4) is 0 Å². The van der Waals surface area contributed by atoms with Crippen LogP contribution in [0.15, 0.2) is 0 Å². The highest BCUT2D eigenvalue weighted by Gasteiger charge is 2.17. The molecule has 1 N–H and O–H groups in total. The van der Waals surface area contributed by atoms with Crippen LogP contribution in [0, 0.1) is 5.92 Å². The quantitative estimate of drug-likeness (QED) is 0.751. The minimum absolute atomic E-state index is 0.690. The second-order valence-corrected chi connectivity index (χ2v) is 7.87. The first-order chi connectivity index (χ1) is 10.3. The van der Waals surface area contributed by atoms with E-state index in [4.69, 9.17) is 0 Å². The van der Waals surface area contributed by atoms with Crippen LogP contribution in [0.2, 0.25) is 0 Å². The van der Waals surface area contributed by atoms with Gasteiger partial charge in [0.05, 0.1) is 0 Å². The SMILES string of the molecule is CC(C)CNCCCc1nnc(C2CCCCCCC2)s1. The maximum absolute atomic E-state index is 4.49. The maximum Gasteiger partial charge on any atom is 0.120 e. The number of nitrogens with one attached hydrogen (secondary N) is 1. The Hall–Kier alpha value is -0.480. The second kappa shape index (κ2) is 9.52. The topological polar surface area (TPSA) is 37.8 Å². The van der Waals surface area contributed by atoms with E-state index in [1.165, 1.54) is 61.4 Å². The van der Waals surface area contributed by atoms with Crippen molar-refractivity contribution in [1.82, 2.24) is 15.5 Å². The van der Waals surface area contributed by atoms with Gasteiger partial charge in [-0.05, 0) is 38.3 Å². The molecule has 0 radical (unpaired) electrons. The summed E-state index contributed by atoms with van der Waals surface area (Å²) in [5.41, 5.74) is 0. The summed E-state index contributed by atoms with van der Waals surface area (Å²) in [6.07, 6.45) is 11.9. The summed E-state index contributed by atoms with van der Waals surface area (Å²) < 4.78 is 0. The molecule has 2 rings (SSSR count). The Labute approximate surface area is 133 Å². The average Bonchev–Trinajstić information content (AvgIpc) is 2.86. The van der Waals surface area contributed by atoms with Crippen molar-refractivity contribution >= 4 is 11.3 Å². The predicted molar refractivity (Wildman–Crippen MR) is 91.0 cm³/mol. The van der Waals surface area contributed by atoms with Crippen LogP contribution >= 0.6 is 11.3 Å². The Morgan fingerprint density at radius 2 is 1.81 bits per heavy atom. The molecule has 0 aromatic carbocycles. The third kappa shape index (κ3) is 6.43. The third-order valence-corrected chi connectivity index (χ3v) is 5.38. The summed E-state index contributed by atoms with van der Waals surface area (Å²) in [5.74, 6) is 1.42. The van der Waals surface area contributed by atoms with Gasteiger partial charge in [-0.3, -0.25) is 0 Å². The smallest absolute Gasteiger partial charge is 0.120 e. The third-order valence-electron chi connectivity index (χ3n) is 4.23. The molecule has 21 heavy (non-hydrogen) atoms. The number of hydrogen-bond donors (Lipinski definition) is 1. The Balaban J connectivity index is 1.72. The fourth-order valence-corrected chi connectivity index (χ4v) is 4.04. The van der Waals surface area contributed by atoms with Gasteiger partial charge in [0.1, 0.15) is 10.0 Å². The number of rotatable bonds is 7. The number of aromatic nitrogens is 2. The highest BCUT2D eigenvalue weighted by Crippen LogP contribution is 2.32. The van der Waals surface area contributed by atoms with Gasteiger partial charge in [0.15, 0.2) is 0 Å². The van der Waals surface area contributed by atoms with E-state index in [2.05, 4.69) is 29.4 Å². The lowest BCUT2D eigenvalue weighted by Gasteiger charge is -2.16. The number of nitrogens with zero attached hydrogens (tertiary/aromatic N) is 2. The molecule has 0 atom stereocenters. The van der Waals surface area contributed by atoms with Crippen molar-refractivity contribution < 1.29 is 0 Å². The molecule has 120 valence electrons. The standard InChI is InChI=1S/C17H31N3S/c1-14(2)13-18-12-8-11-16-19-20-17(21-16)15-9-6-4-3-5-7-10-15/h14-15,18H,3-13H2,1-2H3. The highest BCUT2D eigenvalue weighted by atomic mass is 32.1. The van der Waals surface area contributed by atoms with Gasteiger partial charge in [0.25, 0.3) is 0 Å². The average molecular weight is 310 g/mol. The van der Waals surface area contributed by atoms with E-state index in [1.807, 2.05) is 11.3 Å². The first kappa shape index (κ1) is 16.9. The summed E-state index contributed by atoms with van der Waals surface area (Å²) in [4.78, 5) is 0. The first-order valence-corrected chi connectivity index (χ1v) is 9.60. The van der Waals surface area contributed by atoms with Crippen molar-refractivity contribution in [2.75, 3.05) is 13.1 Å². The van der Waals surface area contributed by atoms with Crippen LogP contribution in [0.5, 0.6) is 0 Å². The summed E-state index contributed by atoms with van der Waals surface area (Å²) in [6.45, 7) is 6.71. The predicted octanol–water partition coefficient (Wildman–Crippen LogP) is 4.54. The Morgan fingerprint density at radius 1 is 1.10 bits per heavy atom. The van der Waals surface area contributed by atoms with Gasteiger partial charge in [0, 0.05) is 12.3 Å². The molecule has 1 heterocycles. The van der Waals surface area contributed by atoms with Crippen molar-refractivity contribution in [2.45, 2.75) is 77.6 Å². The summed E-state index contributed by atoms with van der Waals surface area (Å²) in [7, 11) is 0. The molecule has 0 saturated heterocycles. The number of hydrogen-bond acceptors (Lipinski definition) is 4. The van der Waals surface area contributed by atoms with Gasteiger partial charge in [0.2, 0.25) is 0 Å². The highest BCUT2D eigenvalue weighted by molar-refractivity contribution is 7.11. The van der Waals surface area contributed by atoms with Crippen LogP contribution in [0.4, 0.5) is 0 Å². The van der Waals surface area contributed by atoms with Gasteiger partial charge in [-0.2, -0.15) is 0 Å². The Morgan fingerprint density at radius 3 is 2.52 bits per heavy atom. The molecule has 1 fully saturated rings. The zero-order valence-corrected chi connectivity index (χ0v) is 14.6. The fraction of sp³-hybridized carbons (Fsp3) is 0.882. The van der Waals surface area contributed by atoms with Crippen LogP contribution in [0.3, 0.4) is 0 Å². The molecule has 0 unspecified atom stereocenters. The zero-order valence-electron chi connectivity index (χ0n) is 13.7. The lowest BCUT2D eigenvalue weighted by atomic mass is 9.92. The second-order valence-electron chi connectivity index (χ2n) is 6.78. The van der Waals surface area contributed by atoms with E-state index < -0.39 is 0 Å². The Kier molecular flexibility index (Phi) is 7.65. The fourth-order valence-electron chi connectivity index (χ4n) is 2.99. The lowest BCUT2D eigenvalue weighted by Crippen LogP contribution is -2.21. The zero-order chi connectivity index (χ0) is 14.9. The molecular weight excluding hydrogens is 278 g/mol. The van der Waals surface area contributed by atoms with E-state index in [1.54, 1.807) is 0 Å². The van der Waals surface area contributed by atoms with E-state index in [0.717, 1.165) is 25.4 Å². The van der Waals surface area contributed by atoms with Gasteiger partial charge in [-0.15, -0.1) is 21.5 Å². The van der Waals surface area contributed by atoms with Crippen molar-refractivity contribution in [3.05, 3.63) is 10.0 Å². The molecule has 4 heteroatoms. The van der Waals surface area contributed by atoms with Gasteiger partial charge in [-0.25, -0.2) is 0 Å². The monoisotopic (exact) mass is 309 g/mol. The van der Waals surface area contributed by atoms with Crippen molar-refractivity contribution in [1.29, 1.82) is 0 Å². The largest absolute Gasteiger partial charge is 0.316 e. The molecule has 1 saturated carbocycles. The van der Waals surface area contributed by atoms with Crippen LogP contribution in [-0.2, 0) is 6.42 Å². The summed E-state index contributed by atoms with van der Waals surface area (Å²) in [6, 6.07) is 0. The minimum atomic E-state index is 0.690. The Bertz CT molecular complexity index is 381. The molecule has 0 aliphatic heterocycles. The molecule has 1 aromatic heterocycles. The lowest BCUT2D eigenvalue weighted by molar-refractivity contribution is 0.453. The summed E-state index contributed by atoms with van der Waals surface area (Å²) >= 11 is 1.87. The van der Waals surface area contributed by atoms with Crippen molar-refractivity contribution in [2.24, 2.45) is 5.92 Å². The van der Waals surface area contributed by atoms with Crippen LogP contribution in [0.1, 0.15) is 81.1 Å². The van der Waals surface area contributed by atoms with Crippen LogP contribution in [0.25, 0.3) is 0 Å². The van der Waals surface area contributed by atoms with E-state index >= 15 is 0 Å². The van der Waals surface area contributed by atoms with Crippen LogP contribution < -0.4 is 5.32 Å².